The third-order valence-corrected chi connectivity index (χ3v) is 5.55. The van der Waals surface area contributed by atoms with E-state index >= 15 is 0 Å². The van der Waals surface area contributed by atoms with Crippen molar-refractivity contribution in [1.82, 2.24) is 4.90 Å². The van der Waals surface area contributed by atoms with Crippen LogP contribution in [0.1, 0.15) is 12.0 Å². The Morgan fingerprint density at radius 2 is 2.06 bits per heavy atom. The van der Waals surface area contributed by atoms with Crippen molar-refractivity contribution < 1.29 is 8.42 Å². The van der Waals surface area contributed by atoms with Crippen LogP contribution in [0.2, 0.25) is 0 Å². The number of benzene rings is 1. The van der Waals surface area contributed by atoms with E-state index in [0.29, 0.717) is 18.7 Å². The van der Waals surface area contributed by atoms with Crippen LogP contribution in [-0.4, -0.2) is 37.9 Å². The first-order valence-corrected chi connectivity index (χ1v) is 8.54. The van der Waals surface area contributed by atoms with Gasteiger partial charge in [0.25, 0.3) is 0 Å². The number of hydrogen-bond donors (Lipinski definition) is 1. The van der Waals surface area contributed by atoms with Crippen molar-refractivity contribution in [3.05, 3.63) is 28.2 Å². The lowest BCUT2D eigenvalue weighted by Crippen LogP contribution is -2.26. The summed E-state index contributed by atoms with van der Waals surface area (Å²) >= 11 is 3.36. The third kappa shape index (κ3) is 3.70. The summed E-state index contributed by atoms with van der Waals surface area (Å²) in [5, 5.41) is 0. The quantitative estimate of drug-likeness (QED) is 0.836. The van der Waals surface area contributed by atoms with Crippen molar-refractivity contribution in [3.63, 3.8) is 0 Å². The van der Waals surface area contributed by atoms with Gasteiger partial charge < -0.3 is 5.73 Å². The number of nitrogens with zero attached hydrogens (tertiary/aromatic N) is 1. The molecule has 1 heterocycles. The van der Waals surface area contributed by atoms with Gasteiger partial charge in [-0.2, -0.15) is 0 Å². The topological polar surface area (TPSA) is 63.4 Å². The maximum atomic E-state index is 11.5. The van der Waals surface area contributed by atoms with Crippen molar-refractivity contribution >= 4 is 31.5 Å². The zero-order valence-electron chi connectivity index (χ0n) is 10.1. The number of nitrogen functional groups attached to an aromatic ring is 1. The molecular formula is C12H17BrN2O2S. The maximum absolute atomic E-state index is 11.5. The van der Waals surface area contributed by atoms with Gasteiger partial charge in [0.1, 0.15) is 0 Å². The summed E-state index contributed by atoms with van der Waals surface area (Å²) in [5.74, 6) is 0.574. The highest BCUT2D eigenvalue weighted by atomic mass is 79.9. The van der Waals surface area contributed by atoms with Crippen LogP contribution in [0.4, 0.5) is 5.69 Å². The number of hydrogen-bond acceptors (Lipinski definition) is 4. The lowest BCUT2D eigenvalue weighted by molar-refractivity contribution is 0.287. The zero-order chi connectivity index (χ0) is 13.2. The minimum absolute atomic E-state index is 0.263. The summed E-state index contributed by atoms with van der Waals surface area (Å²) in [6.07, 6.45) is 0.717. The van der Waals surface area contributed by atoms with Crippen molar-refractivity contribution in [2.45, 2.75) is 13.0 Å². The van der Waals surface area contributed by atoms with Gasteiger partial charge in [0.05, 0.1) is 11.5 Å². The van der Waals surface area contributed by atoms with E-state index in [1.807, 2.05) is 18.2 Å². The fourth-order valence-electron chi connectivity index (χ4n) is 2.10. The maximum Gasteiger partial charge on any atom is 0.151 e. The van der Waals surface area contributed by atoms with E-state index in [2.05, 4.69) is 20.8 Å². The van der Waals surface area contributed by atoms with Crippen LogP contribution in [0, 0.1) is 0 Å². The van der Waals surface area contributed by atoms with Crippen LogP contribution in [0.5, 0.6) is 0 Å². The highest BCUT2D eigenvalue weighted by molar-refractivity contribution is 9.10. The summed E-state index contributed by atoms with van der Waals surface area (Å²) in [7, 11) is -2.83. The standard InChI is InChI=1S/C12H17BrN2O2S/c13-11-3-2-10(8-12(11)14)9-15-4-1-6-18(16,17)7-5-15/h2-3,8H,1,4-7,9,14H2. The first-order chi connectivity index (χ1) is 8.46. The second-order valence-electron chi connectivity index (χ2n) is 4.64. The fraction of sp³-hybridized carbons (Fsp3) is 0.500. The van der Waals surface area contributed by atoms with Gasteiger partial charge in [0.15, 0.2) is 9.84 Å². The molecule has 1 aromatic carbocycles. The Morgan fingerprint density at radius 3 is 2.78 bits per heavy atom. The lowest BCUT2D eigenvalue weighted by Gasteiger charge is -2.19. The molecule has 0 saturated carbocycles. The fourth-order valence-corrected chi connectivity index (χ4v) is 3.65. The van der Waals surface area contributed by atoms with Crippen LogP contribution in [-0.2, 0) is 16.4 Å². The molecular weight excluding hydrogens is 316 g/mol. The van der Waals surface area contributed by atoms with Gasteiger partial charge in [-0.15, -0.1) is 0 Å². The summed E-state index contributed by atoms with van der Waals surface area (Å²) < 4.78 is 23.9. The van der Waals surface area contributed by atoms with Crippen LogP contribution >= 0.6 is 15.9 Å². The second-order valence-corrected chi connectivity index (χ2v) is 7.80. The highest BCUT2D eigenvalue weighted by Gasteiger charge is 2.19. The van der Waals surface area contributed by atoms with E-state index in [1.165, 1.54) is 0 Å². The van der Waals surface area contributed by atoms with Crippen LogP contribution in [0.25, 0.3) is 0 Å². The number of anilines is 1. The van der Waals surface area contributed by atoms with Crippen LogP contribution in [0.15, 0.2) is 22.7 Å². The van der Waals surface area contributed by atoms with Gasteiger partial charge in [-0.05, 0) is 46.6 Å². The SMILES string of the molecule is Nc1cc(CN2CCCS(=O)(=O)CC2)ccc1Br. The summed E-state index contributed by atoms with van der Waals surface area (Å²) in [6, 6.07) is 5.88. The number of halogens is 1. The first kappa shape index (κ1) is 13.8. The van der Waals surface area contributed by atoms with Gasteiger partial charge >= 0.3 is 0 Å². The van der Waals surface area contributed by atoms with Crippen molar-refractivity contribution in [1.29, 1.82) is 0 Å². The molecule has 1 aliphatic heterocycles. The molecule has 2 N–H and O–H groups in total. The number of sulfone groups is 1. The van der Waals surface area contributed by atoms with E-state index in [1.54, 1.807) is 0 Å². The highest BCUT2D eigenvalue weighted by Crippen LogP contribution is 2.21. The van der Waals surface area contributed by atoms with E-state index < -0.39 is 9.84 Å². The monoisotopic (exact) mass is 332 g/mol. The molecule has 0 atom stereocenters. The van der Waals surface area contributed by atoms with Gasteiger partial charge in [0.2, 0.25) is 0 Å². The van der Waals surface area contributed by atoms with E-state index in [4.69, 9.17) is 5.73 Å². The third-order valence-electron chi connectivity index (χ3n) is 3.11. The molecule has 0 amide bonds. The van der Waals surface area contributed by atoms with E-state index in [0.717, 1.165) is 28.8 Å². The molecule has 18 heavy (non-hydrogen) atoms. The average Bonchev–Trinajstić information content (AvgIpc) is 2.46. The molecule has 100 valence electrons. The van der Waals surface area contributed by atoms with E-state index in [-0.39, 0.29) is 5.75 Å². The second kappa shape index (κ2) is 5.59. The molecule has 1 aliphatic rings. The molecule has 0 unspecified atom stereocenters. The molecule has 4 nitrogen and oxygen atoms in total. The minimum atomic E-state index is -2.83. The van der Waals surface area contributed by atoms with Gasteiger partial charge in [0, 0.05) is 23.2 Å². The molecule has 0 radical (unpaired) electrons. The van der Waals surface area contributed by atoms with Crippen LogP contribution < -0.4 is 5.73 Å². The van der Waals surface area contributed by atoms with Crippen molar-refractivity contribution in [2.75, 3.05) is 30.3 Å². The Kier molecular flexibility index (Phi) is 4.29. The smallest absolute Gasteiger partial charge is 0.151 e. The normalized spacial score (nSPS) is 20.5. The number of nitrogens with two attached hydrogens (primary N) is 1. The molecule has 1 aromatic rings. The van der Waals surface area contributed by atoms with Gasteiger partial charge in [-0.1, -0.05) is 6.07 Å². The average molecular weight is 333 g/mol. The molecule has 6 heteroatoms. The predicted molar refractivity (Wildman–Crippen MR) is 77.1 cm³/mol. The molecule has 0 spiro atoms. The molecule has 0 bridgehead atoms. The lowest BCUT2D eigenvalue weighted by atomic mass is 10.2. The summed E-state index contributed by atoms with van der Waals surface area (Å²) in [6.45, 7) is 2.19. The summed E-state index contributed by atoms with van der Waals surface area (Å²) in [4.78, 5) is 2.17. The largest absolute Gasteiger partial charge is 0.398 e. The minimum Gasteiger partial charge on any atom is -0.398 e. The number of rotatable bonds is 2. The zero-order valence-corrected chi connectivity index (χ0v) is 12.5. The Bertz CT molecular complexity index is 531. The molecule has 2 rings (SSSR count). The predicted octanol–water partition coefficient (Wildman–Crippen LogP) is 1.65. The Morgan fingerprint density at radius 1 is 1.28 bits per heavy atom. The Hall–Kier alpha value is -0.590. The van der Waals surface area contributed by atoms with Crippen molar-refractivity contribution in [3.8, 4) is 0 Å². The summed E-state index contributed by atoms with van der Waals surface area (Å²) in [5.41, 5.74) is 7.68. The first-order valence-electron chi connectivity index (χ1n) is 5.93. The van der Waals surface area contributed by atoms with Gasteiger partial charge in [-0.25, -0.2) is 8.42 Å². The Balaban J connectivity index is 2.03. The molecule has 0 aromatic heterocycles. The van der Waals surface area contributed by atoms with E-state index in [9.17, 15) is 8.42 Å². The van der Waals surface area contributed by atoms with Crippen molar-refractivity contribution in [2.24, 2.45) is 0 Å². The molecule has 1 saturated heterocycles. The molecule has 1 fully saturated rings. The molecule has 0 aliphatic carbocycles. The Labute approximate surface area is 116 Å². The van der Waals surface area contributed by atoms with Crippen LogP contribution in [0.3, 0.4) is 0 Å². The van der Waals surface area contributed by atoms with Gasteiger partial charge in [-0.3, -0.25) is 4.90 Å².